The minimum Gasteiger partial charge on any atom is -0.550 e. The number of aliphatic carboxylic acids is 1. The Morgan fingerprint density at radius 2 is 1.67 bits per heavy atom. The van der Waals surface area contributed by atoms with Crippen LogP contribution in [0.2, 0.25) is 0 Å². The monoisotopic (exact) mass is 478 g/mol. The van der Waals surface area contributed by atoms with Gasteiger partial charge in [-0.25, -0.2) is 5.01 Å². The average molecular weight is 479 g/mol. The Morgan fingerprint density at radius 1 is 0.972 bits per heavy atom. The van der Waals surface area contributed by atoms with Crippen LogP contribution in [-0.4, -0.2) is 27.6 Å². The Morgan fingerprint density at radius 3 is 2.36 bits per heavy atom. The first kappa shape index (κ1) is 23.2. The smallest absolute Gasteiger partial charge is 0.258 e. The minimum absolute atomic E-state index is 0.235. The van der Waals surface area contributed by atoms with Crippen LogP contribution < -0.4 is 10.7 Å². The molecule has 4 aromatic rings. The summed E-state index contributed by atoms with van der Waals surface area (Å²) in [6.07, 6.45) is -0.310. The number of nitrogens with one attached hydrogen (secondary N) is 1. The fraction of sp³-hybridized carbons (Fsp3) is 0.172. The Hall–Kier alpha value is -4.52. The number of hydrogen-bond acceptors (Lipinski definition) is 5. The maximum Gasteiger partial charge on any atom is 0.258 e. The van der Waals surface area contributed by atoms with E-state index in [2.05, 4.69) is 10.1 Å². The summed E-state index contributed by atoms with van der Waals surface area (Å²) in [4.78, 5) is 40.5. The van der Waals surface area contributed by atoms with Crippen molar-refractivity contribution in [3.05, 3.63) is 106 Å². The molecule has 0 saturated heterocycles. The molecular weight excluding hydrogens is 454 g/mol. The van der Waals surface area contributed by atoms with Crippen molar-refractivity contribution in [1.82, 2.24) is 9.99 Å². The minimum atomic E-state index is -1.30. The Balaban J connectivity index is 1.70. The molecule has 2 heterocycles. The molecule has 180 valence electrons. The topological polar surface area (TPSA) is 106 Å². The highest BCUT2D eigenvalue weighted by Crippen LogP contribution is 2.37. The van der Waals surface area contributed by atoms with Gasteiger partial charge >= 0.3 is 0 Å². The van der Waals surface area contributed by atoms with Crippen molar-refractivity contribution in [3.63, 3.8) is 0 Å². The van der Waals surface area contributed by atoms with Gasteiger partial charge in [0.15, 0.2) is 0 Å². The summed E-state index contributed by atoms with van der Waals surface area (Å²) in [7, 11) is 0. The lowest BCUT2D eigenvalue weighted by Crippen LogP contribution is -2.29. The summed E-state index contributed by atoms with van der Waals surface area (Å²) >= 11 is 0. The number of aromatic nitrogens is 1. The van der Waals surface area contributed by atoms with Gasteiger partial charge in [-0.15, -0.1) is 0 Å². The van der Waals surface area contributed by atoms with Crippen LogP contribution in [0.25, 0.3) is 22.0 Å². The molecule has 0 spiro atoms. The van der Waals surface area contributed by atoms with E-state index in [1.54, 1.807) is 0 Å². The van der Waals surface area contributed by atoms with E-state index in [9.17, 15) is 19.5 Å². The predicted molar refractivity (Wildman–Crippen MR) is 136 cm³/mol. The molecule has 0 aliphatic carbocycles. The van der Waals surface area contributed by atoms with Crippen LogP contribution in [0, 0.1) is 6.92 Å². The number of nitrogens with zero attached hydrogens (tertiary/aromatic N) is 2. The van der Waals surface area contributed by atoms with E-state index in [1.807, 2.05) is 85.8 Å². The lowest BCUT2D eigenvalue weighted by molar-refractivity contribution is -0.305. The fourth-order valence-corrected chi connectivity index (χ4v) is 4.74. The third kappa shape index (κ3) is 4.43. The first-order valence-corrected chi connectivity index (χ1v) is 11.8. The molecule has 1 aromatic heterocycles. The Kier molecular flexibility index (Phi) is 6.21. The van der Waals surface area contributed by atoms with E-state index >= 15 is 0 Å². The summed E-state index contributed by atoms with van der Waals surface area (Å²) in [5.41, 5.74) is 4.85. The molecule has 3 aromatic carbocycles. The average Bonchev–Trinajstić information content (AvgIpc) is 3.33. The molecule has 1 unspecified atom stereocenters. The number of pyridine rings is 1. The Bertz CT molecular complexity index is 1540. The number of fused-ring (bicyclic) bond motifs is 1. The standard InChI is InChI=1S/C29H25N3O4/c1-18-12-13-22-21(16-18)27(20-10-6-3-7-11-20)28(29(36)30-22)23-17-24(19-8-4-2-5-9-19)32(31-23)25(33)14-15-26(34)35/h2-13,16,24H,14-15,17H2,1H3,(H,30,36)(H,34,35)/p-1. The molecule has 1 amide bonds. The number of benzene rings is 3. The summed E-state index contributed by atoms with van der Waals surface area (Å²) < 4.78 is 0. The number of carbonyl (C=O) groups is 2. The van der Waals surface area contributed by atoms with Gasteiger partial charge in [-0.2, -0.15) is 5.10 Å². The van der Waals surface area contributed by atoms with Crippen LogP contribution in [0.4, 0.5) is 0 Å². The first-order valence-electron chi connectivity index (χ1n) is 11.8. The predicted octanol–water partition coefficient (Wildman–Crippen LogP) is 3.71. The number of carboxylic acid groups (broad SMARTS) is 1. The highest BCUT2D eigenvalue weighted by Gasteiger charge is 2.35. The van der Waals surface area contributed by atoms with Crippen molar-refractivity contribution >= 4 is 28.5 Å². The molecule has 36 heavy (non-hydrogen) atoms. The van der Waals surface area contributed by atoms with E-state index in [-0.39, 0.29) is 12.0 Å². The maximum absolute atomic E-state index is 13.5. The number of hydrazone groups is 1. The zero-order chi connectivity index (χ0) is 25.2. The molecule has 0 fully saturated rings. The third-order valence-electron chi connectivity index (χ3n) is 6.41. The molecule has 1 aliphatic heterocycles. The second kappa shape index (κ2) is 9.62. The molecule has 1 N–H and O–H groups in total. The number of rotatable bonds is 6. The maximum atomic E-state index is 13.5. The Labute approximate surface area is 207 Å². The van der Waals surface area contributed by atoms with E-state index in [4.69, 9.17) is 0 Å². The van der Waals surface area contributed by atoms with Crippen LogP contribution in [0.3, 0.4) is 0 Å². The molecule has 0 radical (unpaired) electrons. The number of carboxylic acids is 1. The second-order valence-corrected chi connectivity index (χ2v) is 8.91. The van der Waals surface area contributed by atoms with Gasteiger partial charge in [0.2, 0.25) is 5.91 Å². The van der Waals surface area contributed by atoms with Gasteiger partial charge in [0, 0.05) is 35.3 Å². The fourth-order valence-electron chi connectivity index (χ4n) is 4.74. The summed E-state index contributed by atoms with van der Waals surface area (Å²) in [5.74, 6) is -1.73. The lowest BCUT2D eigenvalue weighted by Gasteiger charge is -2.22. The molecule has 0 bridgehead atoms. The quantitative estimate of drug-likeness (QED) is 0.456. The molecule has 1 aliphatic rings. The highest BCUT2D eigenvalue weighted by atomic mass is 16.4. The SMILES string of the molecule is Cc1ccc2[nH]c(=O)c(C3=NN(C(=O)CCC(=O)[O-])C(c4ccccc4)C3)c(-c3ccccc3)c2c1. The molecular formula is C29H24N3O4-. The van der Waals surface area contributed by atoms with Gasteiger partial charge in [0.1, 0.15) is 0 Å². The van der Waals surface area contributed by atoms with Crippen molar-refractivity contribution in [2.45, 2.75) is 32.2 Å². The third-order valence-corrected chi connectivity index (χ3v) is 6.41. The van der Waals surface area contributed by atoms with E-state index in [1.165, 1.54) is 5.01 Å². The normalized spacial score (nSPS) is 15.2. The van der Waals surface area contributed by atoms with Gasteiger partial charge < -0.3 is 14.9 Å². The molecule has 1 atom stereocenters. The van der Waals surface area contributed by atoms with Crippen LogP contribution >= 0.6 is 0 Å². The number of aryl methyl sites for hydroxylation is 1. The van der Waals surface area contributed by atoms with Crippen molar-refractivity contribution < 1.29 is 14.7 Å². The van der Waals surface area contributed by atoms with Crippen LogP contribution in [0.5, 0.6) is 0 Å². The van der Waals surface area contributed by atoms with Gasteiger partial charge in [-0.05, 0) is 36.6 Å². The number of amides is 1. The van der Waals surface area contributed by atoms with Crippen molar-refractivity contribution in [2.24, 2.45) is 5.10 Å². The molecule has 5 rings (SSSR count). The van der Waals surface area contributed by atoms with E-state index < -0.39 is 24.3 Å². The summed E-state index contributed by atoms with van der Waals surface area (Å²) in [5, 5.41) is 17.8. The summed E-state index contributed by atoms with van der Waals surface area (Å²) in [6, 6.07) is 24.5. The van der Waals surface area contributed by atoms with Crippen LogP contribution in [0.15, 0.2) is 88.8 Å². The first-order chi connectivity index (χ1) is 17.4. The van der Waals surface area contributed by atoms with Gasteiger partial charge in [0.05, 0.1) is 17.3 Å². The second-order valence-electron chi connectivity index (χ2n) is 8.91. The van der Waals surface area contributed by atoms with Crippen LogP contribution in [-0.2, 0) is 9.59 Å². The van der Waals surface area contributed by atoms with Gasteiger partial charge in [0.25, 0.3) is 5.56 Å². The van der Waals surface area contributed by atoms with Crippen molar-refractivity contribution in [1.29, 1.82) is 0 Å². The lowest BCUT2D eigenvalue weighted by atomic mass is 9.90. The van der Waals surface area contributed by atoms with Crippen LogP contribution in [0.1, 0.15) is 42.0 Å². The van der Waals surface area contributed by atoms with Crippen molar-refractivity contribution in [2.75, 3.05) is 0 Å². The molecule has 0 saturated carbocycles. The largest absolute Gasteiger partial charge is 0.550 e. The van der Waals surface area contributed by atoms with Gasteiger partial charge in [-0.1, -0.05) is 72.3 Å². The molecule has 7 heteroatoms. The van der Waals surface area contributed by atoms with E-state index in [0.717, 1.165) is 27.6 Å². The summed E-state index contributed by atoms with van der Waals surface area (Å²) in [6.45, 7) is 2.00. The molecule has 7 nitrogen and oxygen atoms in total. The number of carbonyl (C=O) groups excluding carboxylic acids is 2. The number of hydrogen-bond donors (Lipinski definition) is 1. The zero-order valence-corrected chi connectivity index (χ0v) is 19.7. The van der Waals surface area contributed by atoms with Gasteiger partial charge in [-0.3, -0.25) is 9.59 Å². The van der Waals surface area contributed by atoms with Crippen molar-refractivity contribution in [3.8, 4) is 11.1 Å². The zero-order valence-electron chi connectivity index (χ0n) is 19.7. The highest BCUT2D eigenvalue weighted by molar-refractivity contribution is 6.13. The number of aromatic amines is 1. The number of H-pyrrole nitrogens is 1. The van der Waals surface area contributed by atoms with E-state index in [0.29, 0.717) is 23.2 Å².